The zero-order valence-corrected chi connectivity index (χ0v) is 15.3. The van der Waals surface area contributed by atoms with Gasteiger partial charge < -0.3 is 25.7 Å². The van der Waals surface area contributed by atoms with Gasteiger partial charge in [-0.05, 0) is 51.5 Å². The lowest BCUT2D eigenvalue weighted by Gasteiger charge is -2.36. The van der Waals surface area contributed by atoms with Gasteiger partial charge in [0.25, 0.3) is 0 Å². The number of terminal acetylenes is 1. The van der Waals surface area contributed by atoms with Gasteiger partial charge >= 0.3 is 0 Å². The molecule has 1 saturated carbocycles. The van der Waals surface area contributed by atoms with Crippen LogP contribution in [0.3, 0.4) is 0 Å². The lowest BCUT2D eigenvalue weighted by Crippen LogP contribution is -2.40. The molecule has 0 heterocycles. The molecule has 1 fully saturated rings. The van der Waals surface area contributed by atoms with E-state index in [0.717, 1.165) is 44.9 Å². The number of primary amides is 1. The lowest BCUT2D eigenvalue weighted by atomic mass is 9.68. The van der Waals surface area contributed by atoms with E-state index in [1.165, 1.54) is 0 Å². The monoisotopic (exact) mass is 354 g/mol. The van der Waals surface area contributed by atoms with E-state index in [1.54, 1.807) is 0 Å². The second-order valence-corrected chi connectivity index (χ2v) is 6.67. The molecule has 25 heavy (non-hydrogen) atoms. The normalized spacial score (nSPS) is 23.3. The van der Waals surface area contributed by atoms with Crippen LogP contribution in [0, 0.1) is 23.7 Å². The van der Waals surface area contributed by atoms with Crippen LogP contribution in [0.15, 0.2) is 0 Å². The molecular weight excluding hydrogens is 320 g/mol. The van der Waals surface area contributed by atoms with E-state index in [-0.39, 0.29) is 5.91 Å². The number of nitrogens with two attached hydrogens (primary N) is 2. The molecule has 0 aliphatic heterocycles. The molecule has 0 aromatic heterocycles. The van der Waals surface area contributed by atoms with Gasteiger partial charge in [-0.1, -0.05) is 0 Å². The molecule has 0 bridgehead atoms. The van der Waals surface area contributed by atoms with Crippen molar-refractivity contribution in [2.24, 2.45) is 22.8 Å². The molecule has 0 spiro atoms. The van der Waals surface area contributed by atoms with Crippen molar-refractivity contribution in [2.75, 3.05) is 46.2 Å². The van der Waals surface area contributed by atoms with E-state index in [4.69, 9.17) is 32.1 Å². The van der Waals surface area contributed by atoms with Crippen LogP contribution in [0.2, 0.25) is 0 Å². The Labute approximate surface area is 151 Å². The second-order valence-electron chi connectivity index (χ2n) is 6.67. The molecule has 1 aliphatic rings. The number of rotatable bonds is 14. The topological polar surface area (TPSA) is 96.8 Å². The summed E-state index contributed by atoms with van der Waals surface area (Å²) in [6.45, 7) is 4.19. The number of carbonyl (C=O) groups excluding carboxylic acids is 1. The number of amides is 1. The lowest BCUT2D eigenvalue weighted by molar-refractivity contribution is -0.130. The van der Waals surface area contributed by atoms with Gasteiger partial charge in [0.2, 0.25) is 5.91 Å². The highest BCUT2D eigenvalue weighted by Crippen LogP contribution is 2.42. The fourth-order valence-corrected chi connectivity index (χ4v) is 3.20. The van der Waals surface area contributed by atoms with Crippen LogP contribution in [-0.4, -0.2) is 52.1 Å². The zero-order chi connectivity index (χ0) is 18.4. The van der Waals surface area contributed by atoms with Gasteiger partial charge in [0.15, 0.2) is 0 Å². The Morgan fingerprint density at radius 3 is 2.00 bits per heavy atom. The van der Waals surface area contributed by atoms with E-state index < -0.39 is 5.41 Å². The van der Waals surface area contributed by atoms with Gasteiger partial charge in [-0.15, -0.1) is 12.3 Å². The van der Waals surface area contributed by atoms with Gasteiger partial charge in [-0.2, -0.15) is 0 Å². The molecule has 0 aromatic carbocycles. The number of hydrogen-bond acceptors (Lipinski definition) is 5. The molecule has 6 nitrogen and oxygen atoms in total. The zero-order valence-electron chi connectivity index (χ0n) is 15.3. The highest BCUT2D eigenvalue weighted by Gasteiger charge is 2.39. The molecule has 0 unspecified atom stereocenters. The summed E-state index contributed by atoms with van der Waals surface area (Å²) in [5, 5.41) is 0. The van der Waals surface area contributed by atoms with Crippen molar-refractivity contribution in [1.82, 2.24) is 0 Å². The van der Waals surface area contributed by atoms with Crippen molar-refractivity contribution in [2.45, 2.75) is 44.9 Å². The molecule has 0 saturated heterocycles. The largest absolute Gasteiger partial charge is 0.379 e. The number of hydrogen-bond donors (Lipinski definition) is 2. The summed E-state index contributed by atoms with van der Waals surface area (Å²) in [6, 6.07) is 0. The van der Waals surface area contributed by atoms with Crippen LogP contribution in [0.4, 0.5) is 0 Å². The third-order valence-electron chi connectivity index (χ3n) is 4.88. The van der Waals surface area contributed by atoms with Gasteiger partial charge in [-0.25, -0.2) is 0 Å². The fourth-order valence-electron chi connectivity index (χ4n) is 3.20. The summed E-state index contributed by atoms with van der Waals surface area (Å²) < 4.78 is 16.3. The molecule has 1 rings (SSSR count). The summed E-state index contributed by atoms with van der Waals surface area (Å²) >= 11 is 0. The highest BCUT2D eigenvalue weighted by molar-refractivity contribution is 5.80. The molecule has 0 atom stereocenters. The first-order valence-electron chi connectivity index (χ1n) is 9.34. The standard InChI is InChI=1S/C19H34N2O4/c1-2-17-5-8-19(9-6-17,18(21)22)7-3-11-23-13-15-25-16-14-24-12-4-10-20/h1,17H,3-16,20H2,(H2,21,22). The fraction of sp³-hybridized carbons (Fsp3) is 0.842. The third-order valence-corrected chi connectivity index (χ3v) is 4.88. The first kappa shape index (κ1) is 21.9. The van der Waals surface area contributed by atoms with Crippen molar-refractivity contribution in [3.63, 3.8) is 0 Å². The Balaban J connectivity index is 2.02. The smallest absolute Gasteiger partial charge is 0.223 e. The summed E-state index contributed by atoms with van der Waals surface area (Å²) in [5.41, 5.74) is 10.6. The Morgan fingerprint density at radius 2 is 1.52 bits per heavy atom. The molecule has 4 N–H and O–H groups in total. The Kier molecular flexibility index (Phi) is 11.5. The van der Waals surface area contributed by atoms with Gasteiger partial charge in [0, 0.05) is 24.5 Å². The van der Waals surface area contributed by atoms with Gasteiger partial charge in [-0.3, -0.25) is 4.79 Å². The summed E-state index contributed by atoms with van der Waals surface area (Å²) in [6.07, 6.45) is 11.3. The third kappa shape index (κ3) is 8.68. The second kappa shape index (κ2) is 13.1. The molecule has 144 valence electrons. The number of ether oxygens (including phenoxy) is 3. The van der Waals surface area contributed by atoms with Crippen LogP contribution in [0.5, 0.6) is 0 Å². The van der Waals surface area contributed by atoms with Crippen LogP contribution in [0.1, 0.15) is 44.9 Å². The van der Waals surface area contributed by atoms with Crippen LogP contribution in [-0.2, 0) is 19.0 Å². The van der Waals surface area contributed by atoms with Crippen molar-refractivity contribution < 1.29 is 19.0 Å². The average molecular weight is 354 g/mol. The maximum atomic E-state index is 11.9. The molecular formula is C19H34N2O4. The summed E-state index contributed by atoms with van der Waals surface area (Å²) in [4.78, 5) is 11.9. The predicted molar refractivity (Wildman–Crippen MR) is 97.8 cm³/mol. The minimum absolute atomic E-state index is 0.194. The van der Waals surface area contributed by atoms with E-state index in [2.05, 4.69) is 5.92 Å². The SMILES string of the molecule is C#CC1CCC(CCCOCCOCCOCCCN)(C(N)=O)CC1. The van der Waals surface area contributed by atoms with E-state index in [9.17, 15) is 4.79 Å². The minimum atomic E-state index is -0.395. The molecule has 0 aromatic rings. The Morgan fingerprint density at radius 1 is 1.00 bits per heavy atom. The first-order chi connectivity index (χ1) is 12.1. The highest BCUT2D eigenvalue weighted by atomic mass is 16.5. The number of carbonyl (C=O) groups is 1. The van der Waals surface area contributed by atoms with Crippen molar-refractivity contribution >= 4 is 5.91 Å². The Hall–Kier alpha value is -1.13. The van der Waals surface area contributed by atoms with Gasteiger partial charge in [0.05, 0.1) is 26.4 Å². The van der Waals surface area contributed by atoms with Crippen LogP contribution in [0.25, 0.3) is 0 Å². The maximum Gasteiger partial charge on any atom is 0.223 e. The predicted octanol–water partition coefficient (Wildman–Crippen LogP) is 1.46. The van der Waals surface area contributed by atoms with Crippen LogP contribution >= 0.6 is 0 Å². The van der Waals surface area contributed by atoms with E-state index in [0.29, 0.717) is 52.1 Å². The molecule has 6 heteroatoms. The summed E-state index contributed by atoms with van der Waals surface area (Å²) in [5.74, 6) is 2.89. The molecule has 1 amide bonds. The van der Waals surface area contributed by atoms with E-state index in [1.807, 2.05) is 0 Å². The van der Waals surface area contributed by atoms with Crippen LogP contribution < -0.4 is 11.5 Å². The molecule has 0 radical (unpaired) electrons. The molecule has 1 aliphatic carbocycles. The Bertz CT molecular complexity index is 401. The van der Waals surface area contributed by atoms with Crippen molar-refractivity contribution in [1.29, 1.82) is 0 Å². The van der Waals surface area contributed by atoms with Crippen molar-refractivity contribution in [3.05, 3.63) is 0 Å². The quantitative estimate of drug-likeness (QED) is 0.364. The average Bonchev–Trinajstić information content (AvgIpc) is 2.63. The van der Waals surface area contributed by atoms with E-state index >= 15 is 0 Å². The summed E-state index contributed by atoms with van der Waals surface area (Å²) in [7, 11) is 0. The van der Waals surface area contributed by atoms with Gasteiger partial charge in [0.1, 0.15) is 0 Å². The maximum absolute atomic E-state index is 11.9. The minimum Gasteiger partial charge on any atom is -0.379 e. The van der Waals surface area contributed by atoms with Crippen molar-refractivity contribution in [3.8, 4) is 12.3 Å². The first-order valence-corrected chi connectivity index (χ1v) is 9.34.